The van der Waals surface area contributed by atoms with E-state index < -0.39 is 0 Å². The Kier molecular flexibility index (Phi) is 2.94. The highest BCUT2D eigenvalue weighted by atomic mass is 16.5. The summed E-state index contributed by atoms with van der Waals surface area (Å²) < 4.78 is 10.8. The number of rotatable bonds is 5. The van der Waals surface area contributed by atoms with E-state index in [2.05, 4.69) is 4.90 Å². The minimum Gasteiger partial charge on any atom is -0.468 e. The van der Waals surface area contributed by atoms with Crippen molar-refractivity contribution in [3.8, 4) is 0 Å². The number of nitrogens with zero attached hydrogens (tertiary/aromatic N) is 1. The SMILES string of the molecule is NC1(CN(Cc2ccco2)C2CC2)CCOC1. The third kappa shape index (κ3) is 2.70. The van der Waals surface area contributed by atoms with Crippen molar-refractivity contribution >= 4 is 0 Å². The van der Waals surface area contributed by atoms with Crippen LogP contribution in [0.15, 0.2) is 22.8 Å². The van der Waals surface area contributed by atoms with Crippen molar-refractivity contribution in [3.63, 3.8) is 0 Å². The van der Waals surface area contributed by atoms with Gasteiger partial charge < -0.3 is 14.9 Å². The Morgan fingerprint density at radius 1 is 1.47 bits per heavy atom. The van der Waals surface area contributed by atoms with E-state index in [-0.39, 0.29) is 5.54 Å². The molecule has 1 saturated carbocycles. The molecule has 0 radical (unpaired) electrons. The second kappa shape index (κ2) is 4.44. The van der Waals surface area contributed by atoms with E-state index in [0.717, 1.165) is 31.9 Å². The summed E-state index contributed by atoms with van der Waals surface area (Å²) in [5.74, 6) is 1.03. The van der Waals surface area contributed by atoms with Gasteiger partial charge in [-0.3, -0.25) is 4.90 Å². The first-order valence-electron chi connectivity index (χ1n) is 6.38. The lowest BCUT2D eigenvalue weighted by Crippen LogP contribution is -2.51. The molecular weight excluding hydrogens is 216 g/mol. The lowest BCUT2D eigenvalue weighted by atomic mass is 9.99. The zero-order valence-electron chi connectivity index (χ0n) is 10.1. The highest BCUT2D eigenvalue weighted by Gasteiger charge is 2.38. The fourth-order valence-electron chi connectivity index (χ4n) is 2.51. The first-order valence-corrected chi connectivity index (χ1v) is 6.38. The van der Waals surface area contributed by atoms with Gasteiger partial charge >= 0.3 is 0 Å². The summed E-state index contributed by atoms with van der Waals surface area (Å²) in [5, 5.41) is 0. The summed E-state index contributed by atoms with van der Waals surface area (Å²) in [5.41, 5.74) is 6.20. The number of ether oxygens (including phenoxy) is 1. The maximum absolute atomic E-state index is 6.36. The first-order chi connectivity index (χ1) is 8.25. The molecule has 2 N–H and O–H groups in total. The van der Waals surface area contributed by atoms with Gasteiger partial charge in [-0.25, -0.2) is 0 Å². The van der Waals surface area contributed by atoms with Crippen LogP contribution in [0, 0.1) is 0 Å². The summed E-state index contributed by atoms with van der Waals surface area (Å²) in [6.07, 6.45) is 5.28. The Labute approximate surface area is 102 Å². The van der Waals surface area contributed by atoms with Crippen LogP contribution in [-0.4, -0.2) is 36.2 Å². The molecule has 1 atom stereocenters. The molecule has 2 heterocycles. The summed E-state index contributed by atoms with van der Waals surface area (Å²) in [4.78, 5) is 2.45. The Balaban J connectivity index is 1.64. The Morgan fingerprint density at radius 3 is 2.94 bits per heavy atom. The van der Waals surface area contributed by atoms with Crippen LogP contribution in [0.25, 0.3) is 0 Å². The van der Waals surface area contributed by atoms with Crippen LogP contribution in [0.2, 0.25) is 0 Å². The Morgan fingerprint density at radius 2 is 2.35 bits per heavy atom. The minimum absolute atomic E-state index is 0.158. The molecule has 0 amide bonds. The summed E-state index contributed by atoms with van der Waals surface area (Å²) in [6, 6.07) is 4.67. The zero-order valence-corrected chi connectivity index (χ0v) is 10.1. The van der Waals surface area contributed by atoms with Crippen molar-refractivity contribution in [2.75, 3.05) is 19.8 Å². The fourth-order valence-corrected chi connectivity index (χ4v) is 2.51. The number of furan rings is 1. The van der Waals surface area contributed by atoms with E-state index in [0.29, 0.717) is 12.6 Å². The molecule has 94 valence electrons. The monoisotopic (exact) mass is 236 g/mol. The van der Waals surface area contributed by atoms with Crippen LogP contribution in [0.5, 0.6) is 0 Å². The van der Waals surface area contributed by atoms with Gasteiger partial charge in [-0.1, -0.05) is 0 Å². The predicted octanol–water partition coefficient (Wildman–Crippen LogP) is 1.36. The van der Waals surface area contributed by atoms with Gasteiger partial charge in [-0.05, 0) is 31.4 Å². The summed E-state index contributed by atoms with van der Waals surface area (Å²) in [7, 11) is 0. The number of hydrogen-bond acceptors (Lipinski definition) is 4. The fraction of sp³-hybridized carbons (Fsp3) is 0.692. The average molecular weight is 236 g/mol. The molecular formula is C13H20N2O2. The van der Waals surface area contributed by atoms with Gasteiger partial charge in [0.2, 0.25) is 0 Å². The molecule has 1 aromatic heterocycles. The van der Waals surface area contributed by atoms with Crippen LogP contribution in [0.4, 0.5) is 0 Å². The van der Waals surface area contributed by atoms with Gasteiger partial charge in [0.25, 0.3) is 0 Å². The van der Waals surface area contributed by atoms with Gasteiger partial charge in [0, 0.05) is 19.2 Å². The van der Waals surface area contributed by atoms with Crippen molar-refractivity contribution in [1.82, 2.24) is 4.90 Å². The zero-order chi connectivity index (χ0) is 11.7. The first kappa shape index (κ1) is 11.3. The van der Waals surface area contributed by atoms with Crippen LogP contribution in [0.1, 0.15) is 25.0 Å². The van der Waals surface area contributed by atoms with Gasteiger partial charge in [0.05, 0.1) is 25.0 Å². The minimum atomic E-state index is -0.158. The second-order valence-electron chi connectivity index (χ2n) is 5.38. The van der Waals surface area contributed by atoms with Gasteiger partial charge in [-0.2, -0.15) is 0 Å². The molecule has 4 heteroatoms. The largest absolute Gasteiger partial charge is 0.468 e. The van der Waals surface area contributed by atoms with Crippen LogP contribution in [0.3, 0.4) is 0 Å². The maximum atomic E-state index is 6.36. The van der Waals surface area contributed by atoms with Crippen molar-refractivity contribution < 1.29 is 9.15 Å². The maximum Gasteiger partial charge on any atom is 0.117 e. The molecule has 1 aromatic rings. The molecule has 3 rings (SSSR count). The topological polar surface area (TPSA) is 51.6 Å². The highest BCUT2D eigenvalue weighted by Crippen LogP contribution is 2.30. The normalized spacial score (nSPS) is 29.1. The Hall–Kier alpha value is -0.840. The Bertz CT molecular complexity index is 354. The molecule has 1 unspecified atom stereocenters. The lowest BCUT2D eigenvalue weighted by Gasteiger charge is -2.30. The van der Waals surface area contributed by atoms with E-state index in [1.165, 1.54) is 12.8 Å². The molecule has 2 fully saturated rings. The highest BCUT2D eigenvalue weighted by molar-refractivity contribution is 5.02. The van der Waals surface area contributed by atoms with E-state index >= 15 is 0 Å². The van der Waals surface area contributed by atoms with Crippen molar-refractivity contribution in [2.45, 2.75) is 37.4 Å². The molecule has 1 saturated heterocycles. The average Bonchev–Trinajstić information content (AvgIpc) is 2.88. The summed E-state index contributed by atoms with van der Waals surface area (Å²) in [6.45, 7) is 3.28. The van der Waals surface area contributed by atoms with E-state index in [4.69, 9.17) is 14.9 Å². The molecule has 2 aliphatic rings. The molecule has 0 aromatic carbocycles. The van der Waals surface area contributed by atoms with Gasteiger partial charge in [-0.15, -0.1) is 0 Å². The molecule has 17 heavy (non-hydrogen) atoms. The van der Waals surface area contributed by atoms with Gasteiger partial charge in [0.15, 0.2) is 0 Å². The van der Waals surface area contributed by atoms with E-state index in [9.17, 15) is 0 Å². The van der Waals surface area contributed by atoms with Crippen LogP contribution >= 0.6 is 0 Å². The van der Waals surface area contributed by atoms with E-state index in [1.807, 2.05) is 12.1 Å². The molecule has 1 aliphatic heterocycles. The van der Waals surface area contributed by atoms with Crippen LogP contribution in [-0.2, 0) is 11.3 Å². The number of nitrogens with two attached hydrogens (primary N) is 1. The van der Waals surface area contributed by atoms with Crippen molar-refractivity contribution in [3.05, 3.63) is 24.2 Å². The standard InChI is InChI=1S/C13H20N2O2/c14-13(5-7-16-10-13)9-15(11-3-4-11)8-12-2-1-6-17-12/h1-2,6,11H,3-5,7-10,14H2. The quantitative estimate of drug-likeness (QED) is 0.838. The predicted molar refractivity (Wildman–Crippen MR) is 64.5 cm³/mol. The molecule has 4 nitrogen and oxygen atoms in total. The molecule has 0 bridgehead atoms. The molecule has 1 aliphatic carbocycles. The second-order valence-corrected chi connectivity index (χ2v) is 5.38. The lowest BCUT2D eigenvalue weighted by molar-refractivity contribution is 0.141. The smallest absolute Gasteiger partial charge is 0.117 e. The molecule has 0 spiro atoms. The van der Waals surface area contributed by atoms with E-state index in [1.54, 1.807) is 6.26 Å². The third-order valence-electron chi connectivity index (χ3n) is 3.65. The van der Waals surface area contributed by atoms with Crippen molar-refractivity contribution in [1.29, 1.82) is 0 Å². The third-order valence-corrected chi connectivity index (χ3v) is 3.65. The summed E-state index contributed by atoms with van der Waals surface area (Å²) >= 11 is 0. The van der Waals surface area contributed by atoms with Crippen LogP contribution < -0.4 is 5.73 Å². The van der Waals surface area contributed by atoms with Crippen molar-refractivity contribution in [2.24, 2.45) is 5.73 Å². The van der Waals surface area contributed by atoms with Gasteiger partial charge in [0.1, 0.15) is 5.76 Å². The number of hydrogen-bond donors (Lipinski definition) is 1.